The SMILES string of the molecule is CCCCCCCCCCCCC/C=C/[C@@H](O)[C@H](CO[C@@H]1O[C@H](CO)[C@@H](O[C@@H]2O[C@H](O)[C@H](O[C@@H]3O[C@H](CO)[C@H](O)[C@H](OC4O[C@H](CO)[C@H](O)[C@H](O)[C@H]4O)[C@H]3NC(C)=O)[C@H](O)[C@H]2O)[C@H](O)[C@H]1O)NC(=O)CCCCCCCCCCCCCCCCCCCCC. The molecule has 90 heavy (non-hydrogen) atoms. The number of allylic oxidation sites excluding steroid dienone is 1. The maximum Gasteiger partial charge on any atom is 0.220 e. The lowest BCUT2D eigenvalue weighted by molar-refractivity contribution is -0.399. The molecule has 22 atom stereocenters. The molecule has 15 N–H and O–H groups in total. The van der Waals surface area contributed by atoms with E-state index in [1.165, 1.54) is 141 Å². The number of ether oxygens (including phenoxy) is 8. The van der Waals surface area contributed by atoms with Crippen molar-refractivity contribution >= 4 is 11.8 Å². The largest absolute Gasteiger partial charge is 0.394 e. The predicted octanol–water partition coefficient (Wildman–Crippen LogP) is 3.30. The average Bonchev–Trinajstić information content (AvgIpc) is 0.848. The van der Waals surface area contributed by atoms with Crippen molar-refractivity contribution in [3.05, 3.63) is 12.2 Å². The van der Waals surface area contributed by atoms with Crippen LogP contribution in [0.25, 0.3) is 0 Å². The first-order chi connectivity index (χ1) is 43.4. The summed E-state index contributed by atoms with van der Waals surface area (Å²) in [6, 6.07) is -2.66. The fourth-order valence-corrected chi connectivity index (χ4v) is 12.2. The first kappa shape index (κ1) is 80.3. The predicted molar refractivity (Wildman–Crippen MR) is 331 cm³/mol. The van der Waals surface area contributed by atoms with E-state index >= 15 is 0 Å². The summed E-state index contributed by atoms with van der Waals surface area (Å²) in [6.45, 7) is 2.51. The maximum atomic E-state index is 13.4. The van der Waals surface area contributed by atoms with Crippen molar-refractivity contribution in [1.29, 1.82) is 0 Å². The molecule has 0 spiro atoms. The molecule has 4 aliphatic rings. The monoisotopic (exact) mass is 1300 g/mol. The van der Waals surface area contributed by atoms with Crippen molar-refractivity contribution in [2.45, 2.75) is 361 Å². The van der Waals surface area contributed by atoms with Crippen molar-refractivity contribution in [3.63, 3.8) is 0 Å². The van der Waals surface area contributed by atoms with Gasteiger partial charge in [0.15, 0.2) is 31.5 Å². The van der Waals surface area contributed by atoms with Gasteiger partial charge in [0.2, 0.25) is 11.8 Å². The minimum absolute atomic E-state index is 0.215. The van der Waals surface area contributed by atoms with Crippen molar-refractivity contribution in [1.82, 2.24) is 10.6 Å². The Morgan fingerprint density at radius 1 is 0.444 bits per heavy atom. The van der Waals surface area contributed by atoms with Crippen LogP contribution in [0.15, 0.2) is 12.2 Å². The summed E-state index contributed by atoms with van der Waals surface area (Å²) in [5.74, 6) is -1.08. The molecule has 4 heterocycles. The Kier molecular flexibility index (Phi) is 41.1. The Hall–Kier alpha value is -2.16. The fourth-order valence-electron chi connectivity index (χ4n) is 12.2. The number of aliphatic hydroxyl groups is 13. The molecule has 0 saturated carbocycles. The molecule has 0 aliphatic carbocycles. The number of carbonyl (C=O) groups is 2. The molecule has 2 amide bonds. The number of nitrogens with one attached hydrogen (secondary N) is 2. The van der Waals surface area contributed by atoms with Crippen molar-refractivity contribution in [2.24, 2.45) is 0 Å². The number of amides is 2. The van der Waals surface area contributed by atoms with E-state index in [2.05, 4.69) is 24.5 Å². The molecule has 0 aromatic rings. The fraction of sp³-hybridized carbons (Fsp3) is 0.938. The number of aliphatic hydroxyl groups excluding tert-OH is 13. The van der Waals surface area contributed by atoms with Gasteiger partial charge in [-0.2, -0.15) is 0 Å². The molecule has 25 heteroatoms. The summed E-state index contributed by atoms with van der Waals surface area (Å²) in [7, 11) is 0. The van der Waals surface area contributed by atoms with Crippen LogP contribution in [0.3, 0.4) is 0 Å². The minimum Gasteiger partial charge on any atom is -0.394 e. The van der Waals surface area contributed by atoms with E-state index in [4.69, 9.17) is 37.9 Å². The maximum absolute atomic E-state index is 13.4. The Balaban J connectivity index is 1.30. The smallest absolute Gasteiger partial charge is 0.220 e. The summed E-state index contributed by atoms with van der Waals surface area (Å²) >= 11 is 0. The molecule has 0 radical (unpaired) electrons. The second-order valence-corrected chi connectivity index (χ2v) is 25.4. The Labute approximate surface area is 534 Å². The molecule has 4 fully saturated rings. The lowest BCUT2D eigenvalue weighted by atomic mass is 9.95. The summed E-state index contributed by atoms with van der Waals surface area (Å²) in [6.07, 6.45) is 4.37. The average molecular weight is 1300 g/mol. The number of hydrogen-bond acceptors (Lipinski definition) is 23. The van der Waals surface area contributed by atoms with Gasteiger partial charge in [-0.1, -0.05) is 206 Å². The van der Waals surface area contributed by atoms with Crippen LogP contribution in [-0.2, 0) is 47.5 Å². The Morgan fingerprint density at radius 2 is 0.844 bits per heavy atom. The van der Waals surface area contributed by atoms with Crippen LogP contribution in [-0.4, -0.2) is 240 Å². The van der Waals surface area contributed by atoms with Crippen LogP contribution in [0, 0.1) is 0 Å². The first-order valence-corrected chi connectivity index (χ1v) is 34.5. The van der Waals surface area contributed by atoms with Gasteiger partial charge < -0.3 is 115 Å². The lowest BCUT2D eigenvalue weighted by Gasteiger charge is -2.49. The van der Waals surface area contributed by atoms with Gasteiger partial charge in [0.05, 0.1) is 38.6 Å². The van der Waals surface area contributed by atoms with E-state index in [-0.39, 0.29) is 12.3 Å². The minimum atomic E-state index is -2.23. The van der Waals surface area contributed by atoms with Gasteiger partial charge in [0.1, 0.15) is 91.5 Å². The van der Waals surface area contributed by atoms with Gasteiger partial charge in [0, 0.05) is 13.3 Å². The molecule has 4 rings (SSSR count). The molecular formula is C65H120N2O23. The highest BCUT2D eigenvalue weighted by atomic mass is 16.8. The lowest BCUT2D eigenvalue weighted by Crippen LogP contribution is -2.70. The molecule has 4 aliphatic heterocycles. The molecule has 1 unspecified atom stereocenters. The third kappa shape index (κ3) is 27.9. The van der Waals surface area contributed by atoms with E-state index in [1.54, 1.807) is 6.08 Å². The zero-order chi connectivity index (χ0) is 65.8. The quantitative estimate of drug-likeness (QED) is 0.0307. The van der Waals surface area contributed by atoms with Crippen molar-refractivity contribution < 1.29 is 114 Å². The number of carbonyl (C=O) groups excluding carboxylic acids is 2. The van der Waals surface area contributed by atoms with Gasteiger partial charge in [0.25, 0.3) is 0 Å². The highest BCUT2D eigenvalue weighted by Crippen LogP contribution is 2.35. The number of unbranched alkanes of at least 4 members (excludes halogenated alkanes) is 29. The Bertz CT molecular complexity index is 1880. The Morgan fingerprint density at radius 3 is 1.34 bits per heavy atom. The van der Waals surface area contributed by atoms with Crippen LogP contribution in [0.4, 0.5) is 0 Å². The normalized spacial score (nSPS) is 33.1. The van der Waals surface area contributed by atoms with Crippen LogP contribution >= 0.6 is 0 Å². The van der Waals surface area contributed by atoms with Crippen LogP contribution < -0.4 is 10.6 Å². The zero-order valence-corrected chi connectivity index (χ0v) is 54.2. The highest BCUT2D eigenvalue weighted by Gasteiger charge is 2.56. The van der Waals surface area contributed by atoms with Crippen LogP contribution in [0.1, 0.15) is 226 Å². The molecular weight excluding hydrogens is 1180 g/mol. The van der Waals surface area contributed by atoms with E-state index in [1.807, 2.05) is 6.08 Å². The molecule has 0 aromatic carbocycles. The van der Waals surface area contributed by atoms with Crippen molar-refractivity contribution in [3.8, 4) is 0 Å². The van der Waals surface area contributed by atoms with Gasteiger partial charge in [-0.15, -0.1) is 0 Å². The highest BCUT2D eigenvalue weighted by molar-refractivity contribution is 5.76. The van der Waals surface area contributed by atoms with E-state index in [9.17, 15) is 76.0 Å². The van der Waals surface area contributed by atoms with E-state index in [0.29, 0.717) is 12.8 Å². The summed E-state index contributed by atoms with van der Waals surface area (Å²) < 4.78 is 45.9. The molecule has 528 valence electrons. The molecule has 0 aromatic heterocycles. The standard InChI is InChI=1S/C65H120N2O23/c1-4-6-8-10-12-14-16-18-19-20-21-22-23-25-27-29-31-33-35-37-48(73)67-43(44(72)36-34-32-30-28-26-24-17-15-13-11-9-7-5-2)41-83-63-56(80)53(77)58(47(40-70)86-63)87-65-57(81)54(78)60(61(82)90-65)89-62-49(66-42(3)71)59(51(75)46(39-69)84-62)88-64-55(79)52(76)50(74)45(38-68)85-64/h34,36,43-47,49-65,68-70,72,74-82H,4-33,35,37-41H2,1-3H3,(H,66,71)(H,67,73)/b36-34+/t43-,44+,45+,46+,47+,49+,50-,51-,52-,53+,54+,55+,56+,57+,58+,59+,60+,61-,62-,63+,64?,65+/m0/s1. The van der Waals surface area contributed by atoms with Gasteiger partial charge in [-0.05, 0) is 19.3 Å². The van der Waals surface area contributed by atoms with E-state index < -0.39 is 167 Å². The van der Waals surface area contributed by atoms with Crippen LogP contribution in [0.5, 0.6) is 0 Å². The molecule has 25 nitrogen and oxygen atoms in total. The zero-order valence-electron chi connectivity index (χ0n) is 54.2. The van der Waals surface area contributed by atoms with E-state index in [0.717, 1.165) is 51.9 Å². The second-order valence-electron chi connectivity index (χ2n) is 25.4. The van der Waals surface area contributed by atoms with Gasteiger partial charge in [-0.25, -0.2) is 0 Å². The molecule has 4 saturated heterocycles. The summed E-state index contributed by atoms with van der Waals surface area (Å²) in [5.41, 5.74) is 0. The van der Waals surface area contributed by atoms with Crippen LogP contribution in [0.2, 0.25) is 0 Å². The van der Waals surface area contributed by atoms with Crippen molar-refractivity contribution in [2.75, 3.05) is 26.4 Å². The summed E-state index contributed by atoms with van der Waals surface area (Å²) in [5, 5.41) is 147. The topological polar surface area (TPSA) is 395 Å². The molecule has 0 bridgehead atoms. The van der Waals surface area contributed by atoms with Gasteiger partial charge >= 0.3 is 0 Å². The number of hydrogen-bond donors (Lipinski definition) is 15. The number of rotatable bonds is 48. The third-order valence-electron chi connectivity index (χ3n) is 17.8. The van der Waals surface area contributed by atoms with Gasteiger partial charge in [-0.3, -0.25) is 9.59 Å². The first-order valence-electron chi connectivity index (χ1n) is 34.5. The third-order valence-corrected chi connectivity index (χ3v) is 17.8. The summed E-state index contributed by atoms with van der Waals surface area (Å²) in [4.78, 5) is 25.9. The second kappa shape index (κ2) is 46.1.